The van der Waals surface area contributed by atoms with Crippen LogP contribution >= 0.6 is 0 Å². The van der Waals surface area contributed by atoms with Gasteiger partial charge in [0.25, 0.3) is 0 Å². The number of unbranched alkanes of at least 4 members (excludes halogenated alkanes) is 9. The third kappa shape index (κ3) is 16.0. The summed E-state index contributed by atoms with van der Waals surface area (Å²) in [6.07, 6.45) is 9.75. The van der Waals surface area contributed by atoms with Crippen molar-refractivity contribution < 1.29 is 27.0 Å². The van der Waals surface area contributed by atoms with E-state index in [0.29, 0.717) is 6.42 Å². The Hall–Kier alpha value is -0.210. The van der Waals surface area contributed by atoms with E-state index in [-0.39, 0.29) is 6.61 Å². The topological polar surface area (TPSA) is 93.1 Å². The SMILES string of the molecule is CCCCCCCCCCCCOS(=O)(=O)OCC(O)O. The summed E-state index contributed by atoms with van der Waals surface area (Å²) >= 11 is 0. The van der Waals surface area contributed by atoms with Gasteiger partial charge in [0.2, 0.25) is 0 Å². The molecule has 0 aromatic heterocycles. The van der Waals surface area contributed by atoms with Crippen LogP contribution in [0, 0.1) is 0 Å². The predicted molar refractivity (Wildman–Crippen MR) is 80.9 cm³/mol. The van der Waals surface area contributed by atoms with Gasteiger partial charge in [0.05, 0.1) is 6.61 Å². The molecule has 0 aliphatic carbocycles. The van der Waals surface area contributed by atoms with Crippen LogP contribution in [0.5, 0.6) is 0 Å². The van der Waals surface area contributed by atoms with Gasteiger partial charge in [-0.1, -0.05) is 64.7 Å². The summed E-state index contributed by atoms with van der Waals surface area (Å²) < 4.78 is 31.1. The Morgan fingerprint density at radius 2 is 1.29 bits per heavy atom. The van der Waals surface area contributed by atoms with E-state index in [0.717, 1.165) is 12.8 Å². The van der Waals surface area contributed by atoms with Gasteiger partial charge in [-0.25, -0.2) is 8.37 Å². The second kappa shape index (κ2) is 13.5. The molecule has 128 valence electrons. The van der Waals surface area contributed by atoms with Crippen LogP contribution in [0.2, 0.25) is 0 Å². The van der Waals surface area contributed by atoms with Crippen LogP contribution in [0.1, 0.15) is 71.1 Å². The Morgan fingerprint density at radius 1 is 0.810 bits per heavy atom. The summed E-state index contributed by atoms with van der Waals surface area (Å²) in [6.45, 7) is 1.57. The summed E-state index contributed by atoms with van der Waals surface area (Å²) in [5, 5.41) is 17.0. The molecule has 0 saturated heterocycles. The lowest BCUT2D eigenvalue weighted by Crippen LogP contribution is -2.19. The van der Waals surface area contributed by atoms with Crippen molar-refractivity contribution in [3.05, 3.63) is 0 Å². The molecule has 0 fully saturated rings. The third-order valence-corrected chi connectivity index (χ3v) is 3.97. The highest BCUT2D eigenvalue weighted by Gasteiger charge is 2.13. The van der Waals surface area contributed by atoms with Gasteiger partial charge in [-0.3, -0.25) is 0 Å². The molecule has 0 aliphatic rings. The van der Waals surface area contributed by atoms with Crippen LogP contribution in [0.25, 0.3) is 0 Å². The van der Waals surface area contributed by atoms with E-state index >= 15 is 0 Å². The van der Waals surface area contributed by atoms with Gasteiger partial charge >= 0.3 is 10.4 Å². The van der Waals surface area contributed by atoms with E-state index in [4.69, 9.17) is 10.2 Å². The molecule has 0 spiro atoms. The van der Waals surface area contributed by atoms with Crippen molar-refractivity contribution in [3.63, 3.8) is 0 Å². The highest BCUT2D eigenvalue weighted by molar-refractivity contribution is 7.81. The second-order valence-corrected chi connectivity index (χ2v) is 6.47. The summed E-state index contributed by atoms with van der Waals surface area (Å²) in [6, 6.07) is 0. The smallest absolute Gasteiger partial charge is 0.366 e. The lowest BCUT2D eigenvalue weighted by Gasteiger charge is -2.07. The molecule has 0 rings (SSSR count). The normalized spacial score (nSPS) is 12.2. The first kappa shape index (κ1) is 20.8. The number of hydrogen-bond acceptors (Lipinski definition) is 6. The van der Waals surface area contributed by atoms with Gasteiger partial charge in [-0.05, 0) is 6.42 Å². The van der Waals surface area contributed by atoms with Gasteiger partial charge < -0.3 is 10.2 Å². The summed E-state index contributed by atoms with van der Waals surface area (Å²) in [4.78, 5) is 0. The Morgan fingerprint density at radius 3 is 1.76 bits per heavy atom. The van der Waals surface area contributed by atoms with Crippen molar-refractivity contribution in [2.45, 2.75) is 77.4 Å². The Labute approximate surface area is 128 Å². The monoisotopic (exact) mass is 326 g/mol. The number of rotatable bonds is 15. The summed E-state index contributed by atoms with van der Waals surface area (Å²) in [5.74, 6) is 0. The van der Waals surface area contributed by atoms with Crippen LogP contribution in [-0.4, -0.2) is 38.1 Å². The Bertz CT molecular complexity index is 315. The first-order valence-electron chi connectivity index (χ1n) is 7.88. The molecule has 21 heavy (non-hydrogen) atoms. The van der Waals surface area contributed by atoms with Crippen LogP contribution in [0.15, 0.2) is 0 Å². The lowest BCUT2D eigenvalue weighted by molar-refractivity contribution is -0.0696. The molecule has 0 aromatic carbocycles. The zero-order valence-corrected chi connectivity index (χ0v) is 13.8. The van der Waals surface area contributed by atoms with Gasteiger partial charge in [0, 0.05) is 0 Å². The molecule has 0 atom stereocenters. The van der Waals surface area contributed by atoms with Crippen LogP contribution in [0.4, 0.5) is 0 Å². The maximum absolute atomic E-state index is 11.1. The zero-order valence-electron chi connectivity index (χ0n) is 13.0. The predicted octanol–water partition coefficient (Wildman–Crippen LogP) is 2.50. The number of hydrogen-bond donors (Lipinski definition) is 2. The standard InChI is InChI=1S/C14H30O6S/c1-2-3-4-5-6-7-8-9-10-11-12-19-21(17,18)20-13-14(15)16/h14-16H,2-13H2,1H3. The quantitative estimate of drug-likeness (QED) is 0.355. The molecule has 2 N–H and O–H groups in total. The molecule has 0 amide bonds. The average Bonchev–Trinajstić information content (AvgIpc) is 2.43. The van der Waals surface area contributed by atoms with Crippen molar-refractivity contribution in [2.75, 3.05) is 13.2 Å². The van der Waals surface area contributed by atoms with E-state index in [2.05, 4.69) is 15.3 Å². The molecule has 0 heterocycles. The number of aliphatic hydroxyl groups excluding tert-OH is 1. The minimum Gasteiger partial charge on any atom is -0.366 e. The highest BCUT2D eigenvalue weighted by Crippen LogP contribution is 2.10. The fourth-order valence-corrected chi connectivity index (χ4v) is 2.61. The fraction of sp³-hybridized carbons (Fsp3) is 1.00. The van der Waals surface area contributed by atoms with Crippen LogP contribution in [0.3, 0.4) is 0 Å². The molecule has 0 radical (unpaired) electrons. The van der Waals surface area contributed by atoms with Crippen molar-refractivity contribution in [2.24, 2.45) is 0 Å². The first-order chi connectivity index (χ1) is 9.98. The Kier molecular flexibility index (Phi) is 13.3. The van der Waals surface area contributed by atoms with Crippen molar-refractivity contribution in [1.82, 2.24) is 0 Å². The Balaban J connectivity index is 3.32. The van der Waals surface area contributed by atoms with Crippen molar-refractivity contribution in [3.8, 4) is 0 Å². The third-order valence-electron chi connectivity index (χ3n) is 3.09. The molecule has 0 saturated carbocycles. The molecule has 0 bridgehead atoms. The molecule has 7 heteroatoms. The lowest BCUT2D eigenvalue weighted by atomic mass is 10.1. The van der Waals surface area contributed by atoms with E-state index in [1.54, 1.807) is 0 Å². The molecule has 6 nitrogen and oxygen atoms in total. The maximum atomic E-state index is 11.1. The van der Waals surface area contributed by atoms with Gasteiger partial charge in [-0.15, -0.1) is 0 Å². The van der Waals surface area contributed by atoms with Crippen molar-refractivity contribution in [1.29, 1.82) is 0 Å². The van der Waals surface area contributed by atoms with E-state index in [1.165, 1.54) is 44.9 Å². The van der Waals surface area contributed by atoms with Gasteiger partial charge in [0.1, 0.15) is 6.61 Å². The molecule has 0 unspecified atom stereocenters. The molecular formula is C14H30O6S. The molecule has 0 aromatic rings. The number of aliphatic hydroxyl groups is 2. The van der Waals surface area contributed by atoms with Crippen LogP contribution < -0.4 is 0 Å². The first-order valence-corrected chi connectivity index (χ1v) is 9.21. The van der Waals surface area contributed by atoms with Gasteiger partial charge in [-0.2, -0.15) is 8.42 Å². The largest absolute Gasteiger partial charge is 0.400 e. The van der Waals surface area contributed by atoms with E-state index in [1.807, 2.05) is 0 Å². The molecular weight excluding hydrogens is 296 g/mol. The van der Waals surface area contributed by atoms with E-state index in [9.17, 15) is 8.42 Å². The summed E-state index contributed by atoms with van der Waals surface area (Å²) in [7, 11) is -4.11. The minimum absolute atomic E-state index is 0.0698. The van der Waals surface area contributed by atoms with Crippen molar-refractivity contribution >= 4 is 10.4 Å². The highest BCUT2D eigenvalue weighted by atomic mass is 32.3. The van der Waals surface area contributed by atoms with Crippen LogP contribution in [-0.2, 0) is 18.8 Å². The summed E-state index contributed by atoms with van der Waals surface area (Å²) in [5.41, 5.74) is 0. The molecule has 0 aliphatic heterocycles. The maximum Gasteiger partial charge on any atom is 0.400 e. The fourth-order valence-electron chi connectivity index (χ4n) is 1.93. The van der Waals surface area contributed by atoms with E-state index < -0.39 is 23.3 Å². The second-order valence-electron chi connectivity index (χ2n) is 5.18. The van der Waals surface area contributed by atoms with Gasteiger partial charge in [0.15, 0.2) is 6.29 Å². The average molecular weight is 326 g/mol. The minimum atomic E-state index is -4.11. The zero-order chi connectivity index (χ0) is 16.0.